The molecule has 1 atom stereocenters. The zero-order valence-corrected chi connectivity index (χ0v) is 15.9. The Morgan fingerprint density at radius 2 is 1.82 bits per heavy atom. The average Bonchev–Trinajstić information content (AvgIpc) is 2.69. The number of halogens is 2. The molecule has 3 rings (SSSR count). The summed E-state index contributed by atoms with van der Waals surface area (Å²) in [5.41, 5.74) is 0.270. The molecule has 5 nitrogen and oxygen atoms in total. The number of carbonyl (C=O) groups excluding carboxylic acids is 1. The number of rotatable bonds is 6. The number of ether oxygens (including phenoxy) is 1. The minimum Gasteiger partial charge on any atom is -0.492 e. The average molecular weight is 389 g/mol. The van der Waals surface area contributed by atoms with Crippen molar-refractivity contribution in [3.8, 4) is 5.75 Å². The molecule has 1 fully saturated rings. The predicted octanol–water partition coefficient (Wildman–Crippen LogP) is 3.43. The van der Waals surface area contributed by atoms with Gasteiger partial charge >= 0.3 is 6.03 Å². The van der Waals surface area contributed by atoms with E-state index in [1.54, 1.807) is 11.8 Å². The first-order valence-electron chi connectivity index (χ1n) is 9.43. The first-order valence-corrected chi connectivity index (χ1v) is 9.43. The lowest BCUT2D eigenvalue weighted by Crippen LogP contribution is -2.52. The number of hydrogen-bond acceptors (Lipinski definition) is 3. The highest BCUT2D eigenvalue weighted by atomic mass is 19.1. The van der Waals surface area contributed by atoms with E-state index in [2.05, 4.69) is 10.2 Å². The molecule has 150 valence electrons. The van der Waals surface area contributed by atoms with Crippen molar-refractivity contribution in [1.82, 2.24) is 15.1 Å². The molecule has 1 unspecified atom stereocenters. The Kier molecular flexibility index (Phi) is 6.81. The number of para-hydroxylation sites is 1. The van der Waals surface area contributed by atoms with Gasteiger partial charge in [0.2, 0.25) is 0 Å². The van der Waals surface area contributed by atoms with Crippen molar-refractivity contribution >= 4 is 6.03 Å². The molecule has 0 bridgehead atoms. The fraction of sp³-hybridized carbons (Fsp3) is 0.381. The Bertz CT molecular complexity index is 780. The summed E-state index contributed by atoms with van der Waals surface area (Å²) in [6.45, 7) is 5.77. The first kappa shape index (κ1) is 20.1. The minimum absolute atomic E-state index is 0.239. The lowest BCUT2D eigenvalue weighted by molar-refractivity contribution is 0.125. The molecule has 0 radical (unpaired) electrons. The van der Waals surface area contributed by atoms with Crippen LogP contribution in [0, 0.1) is 11.6 Å². The third-order valence-electron chi connectivity index (χ3n) is 4.85. The topological polar surface area (TPSA) is 44.8 Å². The van der Waals surface area contributed by atoms with E-state index < -0.39 is 17.7 Å². The first-order chi connectivity index (χ1) is 13.5. The second kappa shape index (κ2) is 9.50. The third kappa shape index (κ3) is 5.42. The zero-order chi connectivity index (χ0) is 19.9. The molecule has 1 heterocycles. The molecular formula is C21H25F2N3O2. The van der Waals surface area contributed by atoms with Crippen LogP contribution < -0.4 is 10.1 Å². The molecule has 7 heteroatoms. The molecule has 1 aliphatic heterocycles. The van der Waals surface area contributed by atoms with Gasteiger partial charge in [0.15, 0.2) is 0 Å². The van der Waals surface area contributed by atoms with E-state index >= 15 is 0 Å². The molecule has 0 saturated carbocycles. The number of piperazine rings is 1. The zero-order valence-electron chi connectivity index (χ0n) is 15.9. The standard InChI is InChI=1S/C21H25F2N3O2/c1-16(19-8-7-17(22)15-20(19)23)24-21(27)26-11-9-25(10-12-26)13-14-28-18-5-3-2-4-6-18/h2-8,15-16H,9-14H2,1H3,(H,24,27). The summed E-state index contributed by atoms with van der Waals surface area (Å²) in [7, 11) is 0. The highest BCUT2D eigenvalue weighted by molar-refractivity contribution is 5.74. The number of nitrogens with zero attached hydrogens (tertiary/aromatic N) is 2. The van der Waals surface area contributed by atoms with Gasteiger partial charge in [0.25, 0.3) is 0 Å². The van der Waals surface area contributed by atoms with E-state index in [1.165, 1.54) is 12.1 Å². The highest BCUT2D eigenvalue weighted by Gasteiger charge is 2.23. The Labute approximate surface area is 163 Å². The lowest BCUT2D eigenvalue weighted by atomic mass is 10.1. The van der Waals surface area contributed by atoms with Gasteiger partial charge in [0.05, 0.1) is 6.04 Å². The van der Waals surface area contributed by atoms with Crippen LogP contribution in [0.15, 0.2) is 48.5 Å². The fourth-order valence-corrected chi connectivity index (χ4v) is 3.19. The van der Waals surface area contributed by atoms with Crippen molar-refractivity contribution in [3.63, 3.8) is 0 Å². The van der Waals surface area contributed by atoms with Crippen LogP contribution in [-0.2, 0) is 0 Å². The molecule has 2 aromatic carbocycles. The molecule has 2 aromatic rings. The summed E-state index contributed by atoms with van der Waals surface area (Å²) in [5, 5.41) is 2.79. The van der Waals surface area contributed by atoms with Crippen LogP contribution in [0.2, 0.25) is 0 Å². The normalized spacial score (nSPS) is 15.9. The van der Waals surface area contributed by atoms with Crippen LogP contribution in [0.1, 0.15) is 18.5 Å². The van der Waals surface area contributed by atoms with Crippen molar-refractivity contribution in [2.24, 2.45) is 0 Å². The Morgan fingerprint density at radius 3 is 2.50 bits per heavy atom. The second-order valence-corrected chi connectivity index (χ2v) is 6.83. The van der Waals surface area contributed by atoms with Crippen molar-refractivity contribution in [2.45, 2.75) is 13.0 Å². The quantitative estimate of drug-likeness (QED) is 0.823. The summed E-state index contributed by atoms with van der Waals surface area (Å²) >= 11 is 0. The predicted molar refractivity (Wildman–Crippen MR) is 103 cm³/mol. The second-order valence-electron chi connectivity index (χ2n) is 6.83. The monoisotopic (exact) mass is 389 g/mol. The summed E-state index contributed by atoms with van der Waals surface area (Å²) < 4.78 is 32.6. The Balaban J connectivity index is 1.41. The number of amides is 2. The molecule has 1 N–H and O–H groups in total. The number of carbonyl (C=O) groups is 1. The van der Waals surface area contributed by atoms with Crippen LogP contribution in [-0.4, -0.2) is 55.2 Å². The van der Waals surface area contributed by atoms with E-state index in [1.807, 2.05) is 30.3 Å². The van der Waals surface area contributed by atoms with Gasteiger partial charge in [-0.1, -0.05) is 24.3 Å². The van der Waals surface area contributed by atoms with Gasteiger partial charge in [-0.15, -0.1) is 0 Å². The molecule has 0 aromatic heterocycles. The van der Waals surface area contributed by atoms with Crippen molar-refractivity contribution in [1.29, 1.82) is 0 Å². The van der Waals surface area contributed by atoms with Crippen LogP contribution in [0.4, 0.5) is 13.6 Å². The van der Waals surface area contributed by atoms with Crippen LogP contribution in [0.5, 0.6) is 5.75 Å². The summed E-state index contributed by atoms with van der Waals surface area (Å²) in [5.74, 6) is -0.439. The molecule has 1 saturated heterocycles. The van der Waals surface area contributed by atoms with E-state index in [0.29, 0.717) is 19.7 Å². The van der Waals surface area contributed by atoms with Crippen LogP contribution in [0.3, 0.4) is 0 Å². The molecule has 2 amide bonds. The SMILES string of the molecule is CC(NC(=O)N1CCN(CCOc2ccccc2)CC1)c1ccc(F)cc1F. The van der Waals surface area contributed by atoms with Gasteiger partial charge in [-0.2, -0.15) is 0 Å². The van der Waals surface area contributed by atoms with Crippen molar-refractivity contribution < 1.29 is 18.3 Å². The smallest absolute Gasteiger partial charge is 0.317 e. The van der Waals surface area contributed by atoms with E-state index in [4.69, 9.17) is 4.74 Å². The molecule has 0 spiro atoms. The largest absolute Gasteiger partial charge is 0.492 e. The maximum atomic E-state index is 13.9. The van der Waals surface area contributed by atoms with Gasteiger partial charge in [-0.25, -0.2) is 13.6 Å². The number of nitrogens with one attached hydrogen (secondary N) is 1. The van der Waals surface area contributed by atoms with Crippen LogP contribution >= 0.6 is 0 Å². The number of urea groups is 1. The maximum Gasteiger partial charge on any atom is 0.317 e. The molecule has 0 aliphatic carbocycles. The summed E-state index contributed by atoms with van der Waals surface area (Å²) in [6.07, 6.45) is 0. The fourth-order valence-electron chi connectivity index (χ4n) is 3.19. The highest BCUT2D eigenvalue weighted by Crippen LogP contribution is 2.18. The van der Waals surface area contributed by atoms with Gasteiger partial charge in [0.1, 0.15) is 24.0 Å². The number of hydrogen-bond donors (Lipinski definition) is 1. The maximum absolute atomic E-state index is 13.9. The van der Waals surface area contributed by atoms with Crippen molar-refractivity contribution in [3.05, 3.63) is 65.7 Å². The summed E-state index contributed by atoms with van der Waals surface area (Å²) in [4.78, 5) is 16.4. The minimum atomic E-state index is -0.656. The number of benzene rings is 2. The van der Waals surface area contributed by atoms with E-state index in [-0.39, 0.29) is 11.6 Å². The van der Waals surface area contributed by atoms with Crippen LogP contribution in [0.25, 0.3) is 0 Å². The van der Waals surface area contributed by atoms with Gasteiger partial charge < -0.3 is 15.0 Å². The third-order valence-corrected chi connectivity index (χ3v) is 4.85. The molecule has 28 heavy (non-hydrogen) atoms. The molecule has 1 aliphatic rings. The Morgan fingerprint density at radius 1 is 1.11 bits per heavy atom. The van der Waals surface area contributed by atoms with E-state index in [0.717, 1.165) is 31.5 Å². The molecular weight excluding hydrogens is 364 g/mol. The van der Waals surface area contributed by atoms with Gasteiger partial charge in [0, 0.05) is 44.4 Å². The Hall–Kier alpha value is -2.67. The summed E-state index contributed by atoms with van der Waals surface area (Å²) in [6, 6.07) is 12.3. The van der Waals surface area contributed by atoms with E-state index in [9.17, 15) is 13.6 Å². The lowest BCUT2D eigenvalue weighted by Gasteiger charge is -2.35. The van der Waals surface area contributed by atoms with Gasteiger partial charge in [-0.05, 0) is 25.1 Å². The van der Waals surface area contributed by atoms with Gasteiger partial charge in [-0.3, -0.25) is 4.90 Å². The van der Waals surface area contributed by atoms with Crippen molar-refractivity contribution in [2.75, 3.05) is 39.3 Å².